The molecule has 1 aliphatic heterocycles. The van der Waals surface area contributed by atoms with Gasteiger partial charge in [-0.3, -0.25) is 0 Å². The number of nitrogens with one attached hydrogen (secondary N) is 2. The van der Waals surface area contributed by atoms with Crippen LogP contribution in [0.1, 0.15) is 31.7 Å². The molecule has 2 N–H and O–H groups in total. The summed E-state index contributed by atoms with van der Waals surface area (Å²) in [6.07, 6.45) is 2.20. The van der Waals surface area contributed by atoms with Crippen LogP contribution in [0.25, 0.3) is 0 Å². The minimum atomic E-state index is 0.0844. The fourth-order valence-electron chi connectivity index (χ4n) is 1.79. The fraction of sp³-hybridized carbons (Fsp3) is 0.818. The van der Waals surface area contributed by atoms with Crippen molar-refractivity contribution in [3.05, 3.63) is 5.89 Å². The van der Waals surface area contributed by atoms with Gasteiger partial charge in [0.15, 0.2) is 0 Å². The average Bonchev–Trinajstić information content (AvgIpc) is 2.85. The molecule has 6 heteroatoms. The molecule has 0 saturated carbocycles. The molecule has 0 spiro atoms. The average molecular weight is 240 g/mol. The Balaban J connectivity index is 1.80. The molecule has 96 valence electrons. The third-order valence-electron chi connectivity index (χ3n) is 3.13. The monoisotopic (exact) mass is 240 g/mol. The largest absolute Gasteiger partial charge is 0.406 e. The molecule has 17 heavy (non-hydrogen) atoms. The maximum atomic E-state index is 5.50. The van der Waals surface area contributed by atoms with Crippen LogP contribution in [0.3, 0.4) is 0 Å². The Morgan fingerprint density at radius 1 is 1.35 bits per heavy atom. The van der Waals surface area contributed by atoms with Crippen LogP contribution in [-0.2, 0) is 4.74 Å². The van der Waals surface area contributed by atoms with Gasteiger partial charge >= 0.3 is 6.01 Å². The molecule has 1 atom stereocenters. The first-order valence-corrected chi connectivity index (χ1v) is 6.12. The van der Waals surface area contributed by atoms with E-state index in [2.05, 4.69) is 20.8 Å². The minimum Gasteiger partial charge on any atom is -0.406 e. The zero-order chi connectivity index (χ0) is 12.1. The molecule has 0 aromatic carbocycles. The molecule has 1 saturated heterocycles. The number of ether oxygens (including phenoxy) is 1. The minimum absolute atomic E-state index is 0.0844. The maximum Gasteiger partial charge on any atom is 0.315 e. The van der Waals surface area contributed by atoms with Crippen molar-refractivity contribution in [2.45, 2.75) is 25.8 Å². The molecule has 0 bridgehead atoms. The molecule has 2 rings (SSSR count). The zero-order valence-corrected chi connectivity index (χ0v) is 10.4. The van der Waals surface area contributed by atoms with Gasteiger partial charge in [0.1, 0.15) is 0 Å². The summed E-state index contributed by atoms with van der Waals surface area (Å²) >= 11 is 0. The highest BCUT2D eigenvalue weighted by molar-refractivity contribution is 5.17. The number of anilines is 1. The predicted molar refractivity (Wildman–Crippen MR) is 63.8 cm³/mol. The van der Waals surface area contributed by atoms with Crippen molar-refractivity contribution in [1.29, 1.82) is 0 Å². The lowest BCUT2D eigenvalue weighted by molar-refractivity contribution is 0.0698. The summed E-state index contributed by atoms with van der Waals surface area (Å²) in [6.45, 7) is 4.57. The van der Waals surface area contributed by atoms with Gasteiger partial charge in [0.05, 0.1) is 6.04 Å². The van der Waals surface area contributed by atoms with Crippen LogP contribution in [0.4, 0.5) is 6.01 Å². The number of hydrogen-bond acceptors (Lipinski definition) is 6. The summed E-state index contributed by atoms with van der Waals surface area (Å²) in [5, 5.41) is 14.2. The van der Waals surface area contributed by atoms with Crippen molar-refractivity contribution < 1.29 is 9.15 Å². The first kappa shape index (κ1) is 12.3. The third kappa shape index (κ3) is 3.41. The molecule has 6 nitrogen and oxygen atoms in total. The summed E-state index contributed by atoms with van der Waals surface area (Å²) < 4.78 is 10.8. The van der Waals surface area contributed by atoms with E-state index in [9.17, 15) is 0 Å². The van der Waals surface area contributed by atoms with E-state index in [-0.39, 0.29) is 6.04 Å². The lowest BCUT2D eigenvalue weighted by atomic mass is 10.0. The molecular weight excluding hydrogens is 220 g/mol. The van der Waals surface area contributed by atoms with E-state index in [4.69, 9.17) is 9.15 Å². The fourth-order valence-corrected chi connectivity index (χ4v) is 1.79. The lowest BCUT2D eigenvalue weighted by Gasteiger charge is -2.21. The van der Waals surface area contributed by atoms with Gasteiger partial charge in [0, 0.05) is 19.8 Å². The van der Waals surface area contributed by atoms with Crippen LogP contribution in [0.2, 0.25) is 0 Å². The Bertz CT molecular complexity index is 336. The maximum absolute atomic E-state index is 5.50. The Morgan fingerprint density at radius 3 is 2.82 bits per heavy atom. The van der Waals surface area contributed by atoms with Crippen molar-refractivity contribution in [3.63, 3.8) is 0 Å². The zero-order valence-electron chi connectivity index (χ0n) is 10.4. The molecule has 0 amide bonds. The Hall–Kier alpha value is -1.14. The van der Waals surface area contributed by atoms with Gasteiger partial charge in [0.25, 0.3) is 0 Å². The Labute approximate surface area is 101 Å². The van der Waals surface area contributed by atoms with Crippen LogP contribution in [0.5, 0.6) is 0 Å². The smallest absolute Gasteiger partial charge is 0.315 e. The summed E-state index contributed by atoms with van der Waals surface area (Å²) in [4.78, 5) is 0. The second-order valence-corrected chi connectivity index (χ2v) is 4.39. The Morgan fingerprint density at radius 2 is 2.12 bits per heavy atom. The predicted octanol–water partition coefficient (Wildman–Crippen LogP) is 1.19. The van der Waals surface area contributed by atoms with Gasteiger partial charge in [-0.05, 0) is 32.7 Å². The van der Waals surface area contributed by atoms with E-state index in [0.29, 0.717) is 17.8 Å². The van der Waals surface area contributed by atoms with Crippen molar-refractivity contribution in [2.24, 2.45) is 5.92 Å². The van der Waals surface area contributed by atoms with Crippen molar-refractivity contribution in [1.82, 2.24) is 15.5 Å². The quantitative estimate of drug-likeness (QED) is 0.805. The normalized spacial score (nSPS) is 19.2. The molecule has 1 aliphatic rings. The van der Waals surface area contributed by atoms with E-state index >= 15 is 0 Å². The number of aromatic nitrogens is 2. The Kier molecular flexibility index (Phi) is 4.33. The number of rotatable bonds is 5. The molecule has 0 radical (unpaired) electrons. The van der Waals surface area contributed by atoms with Gasteiger partial charge in [-0.25, -0.2) is 0 Å². The highest BCUT2D eigenvalue weighted by Gasteiger charge is 2.16. The summed E-state index contributed by atoms with van der Waals surface area (Å²) in [7, 11) is 1.87. The van der Waals surface area contributed by atoms with Gasteiger partial charge in [-0.2, -0.15) is 0 Å². The second kappa shape index (κ2) is 5.97. The van der Waals surface area contributed by atoms with Gasteiger partial charge in [0.2, 0.25) is 5.89 Å². The van der Waals surface area contributed by atoms with Crippen molar-refractivity contribution in [3.8, 4) is 0 Å². The summed E-state index contributed by atoms with van der Waals surface area (Å²) in [5.74, 6) is 1.25. The summed E-state index contributed by atoms with van der Waals surface area (Å²) in [6, 6.07) is 0.592. The molecule has 1 fully saturated rings. The molecule has 2 heterocycles. The molecule has 0 aliphatic carbocycles. The van der Waals surface area contributed by atoms with Crippen LogP contribution in [0, 0.1) is 5.92 Å². The number of hydrogen-bond donors (Lipinski definition) is 2. The molecular formula is C11H20N4O2. The van der Waals surface area contributed by atoms with Crippen LogP contribution >= 0.6 is 0 Å². The number of nitrogens with zero attached hydrogens (tertiary/aromatic N) is 2. The van der Waals surface area contributed by atoms with Crippen molar-refractivity contribution in [2.75, 3.05) is 32.1 Å². The van der Waals surface area contributed by atoms with Crippen LogP contribution in [-0.4, -0.2) is 37.0 Å². The summed E-state index contributed by atoms with van der Waals surface area (Å²) in [5.41, 5.74) is 0. The van der Waals surface area contributed by atoms with E-state index in [1.165, 1.54) is 0 Å². The van der Waals surface area contributed by atoms with E-state index in [1.54, 1.807) is 0 Å². The van der Waals surface area contributed by atoms with E-state index in [1.807, 2.05) is 14.0 Å². The lowest BCUT2D eigenvalue weighted by Crippen LogP contribution is -2.22. The second-order valence-electron chi connectivity index (χ2n) is 4.39. The van der Waals surface area contributed by atoms with Gasteiger partial charge < -0.3 is 19.8 Å². The van der Waals surface area contributed by atoms with E-state index < -0.39 is 0 Å². The topological polar surface area (TPSA) is 72.2 Å². The first-order chi connectivity index (χ1) is 8.29. The van der Waals surface area contributed by atoms with Crippen LogP contribution < -0.4 is 10.6 Å². The standard InChI is InChI=1S/C11H20N4O2/c1-8(12-2)10-14-15-11(17-10)13-7-9-3-5-16-6-4-9/h8-9,12H,3-7H2,1-2H3,(H,13,15). The highest BCUT2D eigenvalue weighted by atomic mass is 16.5. The van der Waals surface area contributed by atoms with Crippen LogP contribution in [0.15, 0.2) is 4.42 Å². The van der Waals surface area contributed by atoms with Crippen molar-refractivity contribution >= 4 is 6.01 Å². The molecule has 1 unspecified atom stereocenters. The third-order valence-corrected chi connectivity index (χ3v) is 3.13. The highest BCUT2D eigenvalue weighted by Crippen LogP contribution is 2.17. The van der Waals surface area contributed by atoms with Gasteiger partial charge in [-0.15, -0.1) is 5.10 Å². The molecule has 1 aromatic heterocycles. The molecule has 1 aromatic rings. The first-order valence-electron chi connectivity index (χ1n) is 6.12. The van der Waals surface area contributed by atoms with E-state index in [0.717, 1.165) is 32.6 Å². The van der Waals surface area contributed by atoms with Gasteiger partial charge in [-0.1, -0.05) is 5.10 Å². The SMILES string of the molecule is CNC(C)c1nnc(NCC2CCOCC2)o1.